The molecule has 1 fully saturated rings. The zero-order valence-corrected chi connectivity index (χ0v) is 24.1. The number of nitrogens with zero attached hydrogens (tertiary/aromatic N) is 1. The van der Waals surface area contributed by atoms with Gasteiger partial charge in [0.1, 0.15) is 12.6 Å². The number of ether oxygens (including phenoxy) is 2. The molecule has 1 aliphatic heterocycles. The van der Waals surface area contributed by atoms with Crippen LogP contribution in [0.25, 0.3) is 11.1 Å². The first-order valence-corrected chi connectivity index (χ1v) is 15.2. The van der Waals surface area contributed by atoms with Gasteiger partial charge in [-0.1, -0.05) is 123 Å². The van der Waals surface area contributed by atoms with Gasteiger partial charge in [0.25, 0.3) is 0 Å². The molecular weight excluding hydrogens is 514 g/mol. The third kappa shape index (κ3) is 4.28. The standard InChI is InChI=1S/C35H35NO3S/c1-34(2)31(39-24-40-3)22-36(32(34)33(37)38-23-25-14-6-4-7-15-25)35(26-16-8-5-9-17-26)29-20-12-10-18-27(29)28-19-11-13-21-30(28)35/h4-21,31-32H,22-24H2,1-3H3/t31-,32+/m0/s1. The fourth-order valence-electron chi connectivity index (χ4n) is 6.76. The van der Waals surface area contributed by atoms with Crippen molar-refractivity contribution < 1.29 is 14.3 Å². The molecule has 40 heavy (non-hydrogen) atoms. The summed E-state index contributed by atoms with van der Waals surface area (Å²) in [6.45, 7) is 5.13. The summed E-state index contributed by atoms with van der Waals surface area (Å²) in [6, 6.07) is 37.2. The Labute approximate surface area is 241 Å². The van der Waals surface area contributed by atoms with E-state index < -0.39 is 17.0 Å². The van der Waals surface area contributed by atoms with Crippen LogP contribution in [0, 0.1) is 5.41 Å². The lowest BCUT2D eigenvalue weighted by atomic mass is 9.76. The van der Waals surface area contributed by atoms with E-state index >= 15 is 0 Å². The number of likely N-dealkylation sites (tertiary alicyclic amines) is 1. The first-order valence-electron chi connectivity index (χ1n) is 13.8. The van der Waals surface area contributed by atoms with Crippen molar-refractivity contribution in [1.82, 2.24) is 4.90 Å². The van der Waals surface area contributed by atoms with Crippen LogP contribution in [0.4, 0.5) is 0 Å². The molecule has 4 nitrogen and oxygen atoms in total. The van der Waals surface area contributed by atoms with E-state index in [1.165, 1.54) is 22.3 Å². The number of carbonyl (C=O) groups is 1. The topological polar surface area (TPSA) is 38.8 Å². The molecule has 4 aromatic rings. The van der Waals surface area contributed by atoms with Gasteiger partial charge in [0.15, 0.2) is 0 Å². The maximum atomic E-state index is 14.3. The van der Waals surface area contributed by atoms with Crippen molar-refractivity contribution in [3.05, 3.63) is 131 Å². The van der Waals surface area contributed by atoms with Gasteiger partial charge in [0.2, 0.25) is 0 Å². The zero-order chi connectivity index (χ0) is 27.7. The average Bonchev–Trinajstić information content (AvgIpc) is 3.44. The summed E-state index contributed by atoms with van der Waals surface area (Å²) in [6.07, 6.45) is 1.88. The van der Waals surface area contributed by atoms with Crippen LogP contribution >= 0.6 is 11.8 Å². The molecule has 0 amide bonds. The minimum atomic E-state index is -0.681. The molecule has 0 bridgehead atoms. The maximum Gasteiger partial charge on any atom is 0.324 e. The molecule has 0 unspecified atom stereocenters. The van der Waals surface area contributed by atoms with Gasteiger partial charge in [-0.2, -0.15) is 0 Å². The molecular formula is C35H35NO3S. The van der Waals surface area contributed by atoms with E-state index in [2.05, 4.69) is 91.5 Å². The third-order valence-corrected chi connectivity index (χ3v) is 8.96. The Balaban J connectivity index is 1.54. The minimum Gasteiger partial charge on any atom is -0.460 e. The van der Waals surface area contributed by atoms with Crippen LogP contribution in [0.5, 0.6) is 0 Å². The van der Waals surface area contributed by atoms with E-state index in [0.717, 1.165) is 11.1 Å². The number of hydrogen-bond acceptors (Lipinski definition) is 5. The quantitative estimate of drug-likeness (QED) is 0.173. The summed E-state index contributed by atoms with van der Waals surface area (Å²) >= 11 is 1.66. The molecule has 1 heterocycles. The van der Waals surface area contributed by atoms with Crippen LogP contribution in [-0.2, 0) is 26.4 Å². The molecule has 1 saturated heterocycles. The first kappa shape index (κ1) is 26.8. The summed E-state index contributed by atoms with van der Waals surface area (Å²) in [7, 11) is 0. The second kappa shape index (κ2) is 10.9. The van der Waals surface area contributed by atoms with Gasteiger partial charge in [-0.15, -0.1) is 11.8 Å². The van der Waals surface area contributed by atoms with E-state index in [9.17, 15) is 4.79 Å². The molecule has 2 aliphatic rings. The number of benzene rings is 4. The molecule has 0 saturated carbocycles. The Morgan fingerprint density at radius 1 is 0.825 bits per heavy atom. The zero-order valence-electron chi connectivity index (χ0n) is 23.2. The lowest BCUT2D eigenvalue weighted by Crippen LogP contribution is -2.55. The first-order chi connectivity index (χ1) is 19.5. The average molecular weight is 550 g/mol. The van der Waals surface area contributed by atoms with Crippen molar-refractivity contribution in [2.45, 2.75) is 38.1 Å². The third-order valence-electron chi connectivity index (χ3n) is 8.59. The van der Waals surface area contributed by atoms with Gasteiger partial charge in [0.05, 0.1) is 17.6 Å². The van der Waals surface area contributed by atoms with Gasteiger partial charge in [-0.05, 0) is 39.6 Å². The largest absolute Gasteiger partial charge is 0.460 e. The van der Waals surface area contributed by atoms with Gasteiger partial charge < -0.3 is 9.47 Å². The predicted octanol–water partition coefficient (Wildman–Crippen LogP) is 7.12. The molecule has 2 atom stereocenters. The fraction of sp³-hybridized carbons (Fsp3) is 0.286. The highest BCUT2D eigenvalue weighted by atomic mass is 32.2. The highest BCUT2D eigenvalue weighted by molar-refractivity contribution is 7.98. The summed E-state index contributed by atoms with van der Waals surface area (Å²) in [4.78, 5) is 16.7. The SMILES string of the molecule is CSCO[C@H]1CN(C2(c3ccccc3)c3ccccc3-c3ccccc32)[C@H](C(=O)OCc2ccccc2)C1(C)C. The predicted molar refractivity (Wildman–Crippen MR) is 162 cm³/mol. The van der Waals surface area contributed by atoms with Crippen molar-refractivity contribution in [1.29, 1.82) is 0 Å². The molecule has 6 rings (SSSR count). The van der Waals surface area contributed by atoms with Gasteiger partial charge >= 0.3 is 5.97 Å². The number of hydrogen-bond donors (Lipinski definition) is 0. The Bertz CT molecular complexity index is 1440. The number of esters is 1. The monoisotopic (exact) mass is 549 g/mol. The summed E-state index contributed by atoms with van der Waals surface area (Å²) in [5.41, 5.74) is 5.69. The van der Waals surface area contributed by atoms with E-state index in [1.54, 1.807) is 11.8 Å². The van der Waals surface area contributed by atoms with Crippen LogP contribution in [0.3, 0.4) is 0 Å². The summed E-state index contributed by atoms with van der Waals surface area (Å²) in [5.74, 6) is 0.348. The van der Waals surface area contributed by atoms with Gasteiger partial charge in [-0.25, -0.2) is 0 Å². The van der Waals surface area contributed by atoms with Crippen LogP contribution in [-0.4, -0.2) is 41.8 Å². The normalized spacial score (nSPS) is 20.6. The lowest BCUT2D eigenvalue weighted by Gasteiger charge is -2.45. The molecule has 5 heteroatoms. The Morgan fingerprint density at radius 2 is 1.38 bits per heavy atom. The van der Waals surface area contributed by atoms with Crippen molar-refractivity contribution in [2.75, 3.05) is 18.7 Å². The Morgan fingerprint density at radius 3 is 1.98 bits per heavy atom. The van der Waals surface area contributed by atoms with Crippen molar-refractivity contribution >= 4 is 17.7 Å². The highest BCUT2D eigenvalue weighted by Gasteiger charge is 2.62. The van der Waals surface area contributed by atoms with Crippen LogP contribution in [0.15, 0.2) is 109 Å². The number of fused-ring (bicyclic) bond motifs is 3. The molecule has 204 valence electrons. The highest BCUT2D eigenvalue weighted by Crippen LogP contribution is 2.58. The van der Waals surface area contributed by atoms with E-state index in [0.29, 0.717) is 12.5 Å². The smallest absolute Gasteiger partial charge is 0.324 e. The van der Waals surface area contributed by atoms with Crippen molar-refractivity contribution in [3.63, 3.8) is 0 Å². The van der Waals surface area contributed by atoms with Crippen LogP contribution in [0.1, 0.15) is 36.1 Å². The maximum absolute atomic E-state index is 14.3. The van der Waals surface area contributed by atoms with Crippen molar-refractivity contribution in [3.8, 4) is 11.1 Å². The Hall–Kier alpha value is -3.38. The molecule has 0 spiro atoms. The van der Waals surface area contributed by atoms with E-state index in [-0.39, 0.29) is 18.7 Å². The van der Waals surface area contributed by atoms with Gasteiger partial charge in [0, 0.05) is 12.0 Å². The molecule has 0 N–H and O–H groups in total. The number of carbonyl (C=O) groups excluding carboxylic acids is 1. The van der Waals surface area contributed by atoms with Crippen LogP contribution < -0.4 is 0 Å². The number of rotatable bonds is 8. The second-order valence-electron chi connectivity index (χ2n) is 11.2. The molecule has 4 aromatic carbocycles. The van der Waals surface area contributed by atoms with Crippen LogP contribution in [0.2, 0.25) is 0 Å². The second-order valence-corrected chi connectivity index (χ2v) is 12.0. The summed E-state index contributed by atoms with van der Waals surface area (Å²) in [5, 5.41) is 0. The number of thioether (sulfide) groups is 1. The minimum absolute atomic E-state index is 0.158. The Kier molecular flexibility index (Phi) is 7.30. The fourth-order valence-corrected chi connectivity index (χ4v) is 7.06. The lowest BCUT2D eigenvalue weighted by molar-refractivity contribution is -0.156. The van der Waals surface area contributed by atoms with E-state index in [4.69, 9.17) is 9.47 Å². The molecule has 1 aliphatic carbocycles. The van der Waals surface area contributed by atoms with Gasteiger partial charge in [-0.3, -0.25) is 9.69 Å². The molecule has 0 radical (unpaired) electrons. The van der Waals surface area contributed by atoms with Crippen molar-refractivity contribution in [2.24, 2.45) is 5.41 Å². The summed E-state index contributed by atoms with van der Waals surface area (Å²) < 4.78 is 12.6. The van der Waals surface area contributed by atoms with E-state index in [1.807, 2.05) is 42.7 Å². The molecule has 0 aromatic heterocycles.